The highest BCUT2D eigenvalue weighted by Crippen LogP contribution is 2.21. The topological polar surface area (TPSA) is 149 Å². The fourth-order valence-electron chi connectivity index (χ4n) is 5.32. The molecule has 0 aliphatic rings. The molecule has 0 unspecified atom stereocenters. The van der Waals surface area contributed by atoms with Crippen molar-refractivity contribution in [3.63, 3.8) is 0 Å². The van der Waals surface area contributed by atoms with Crippen molar-refractivity contribution >= 4 is 40.8 Å². The van der Waals surface area contributed by atoms with E-state index in [0.717, 1.165) is 26.7 Å². The Morgan fingerprint density at radius 3 is 2.16 bits per heavy atom. The molecule has 0 saturated carbocycles. The Hall–Kier alpha value is -4.33. The third-order valence-electron chi connectivity index (χ3n) is 8.03. The third kappa shape index (κ3) is 12.2. The third-order valence-corrected chi connectivity index (χ3v) is 9.98. The van der Waals surface area contributed by atoms with Crippen LogP contribution in [0.25, 0.3) is 0 Å². The molecule has 4 N–H and O–H groups in total. The summed E-state index contributed by atoms with van der Waals surface area (Å²) in [5.74, 6) is -0.621. The zero-order valence-electron chi connectivity index (χ0n) is 29.3. The van der Waals surface area contributed by atoms with Crippen LogP contribution in [0, 0.1) is 5.92 Å². The molecule has 0 aliphatic heterocycles. The molecule has 0 spiro atoms. The van der Waals surface area contributed by atoms with Gasteiger partial charge in [-0.15, -0.1) is 22.7 Å². The minimum absolute atomic E-state index is 0.0567. The van der Waals surface area contributed by atoms with Gasteiger partial charge in [0.15, 0.2) is 0 Å². The molecule has 0 fully saturated rings. The van der Waals surface area contributed by atoms with Crippen molar-refractivity contribution in [3.05, 3.63) is 104 Å². The number of hydrogen-bond acceptors (Lipinski definition) is 10. The van der Waals surface area contributed by atoms with Crippen LogP contribution in [0.5, 0.6) is 0 Å². The number of nitrogens with two attached hydrogens (primary N) is 1. The van der Waals surface area contributed by atoms with E-state index in [0.29, 0.717) is 25.3 Å². The lowest BCUT2D eigenvalue weighted by Gasteiger charge is -2.32. The molecule has 0 radical (unpaired) electrons. The number of carbonyl (C=O) groups excluding carboxylic acids is 3. The summed E-state index contributed by atoms with van der Waals surface area (Å²) in [4.78, 5) is 51.5. The van der Waals surface area contributed by atoms with Gasteiger partial charge in [-0.3, -0.25) is 4.98 Å². The van der Waals surface area contributed by atoms with Gasteiger partial charge in [-0.1, -0.05) is 88.4 Å². The number of rotatable bonds is 17. The van der Waals surface area contributed by atoms with Gasteiger partial charge in [0.2, 0.25) is 0 Å². The minimum atomic E-state index is -0.963. The van der Waals surface area contributed by atoms with Crippen LogP contribution in [0.15, 0.2) is 77.8 Å². The molecule has 4 atom stereocenters. The monoisotopic (exact) mass is 720 g/mol. The van der Waals surface area contributed by atoms with Crippen molar-refractivity contribution in [2.24, 2.45) is 11.7 Å². The number of alkyl carbamates (subject to hydrolysis) is 1. The SMILES string of the molecule is CC(C)c1nc(CN(C)C(=O)N[C@H](C(=O)O[C@@H](C[C@@H](N)Cc2ccccc2)[C@H](Cc2ccccc2)NC(=O)OCc2cncs2)C(C)C)cs1. The highest BCUT2D eigenvalue weighted by atomic mass is 32.1. The molecule has 2 aromatic carbocycles. The van der Waals surface area contributed by atoms with Crippen molar-refractivity contribution in [1.29, 1.82) is 0 Å². The highest BCUT2D eigenvalue weighted by molar-refractivity contribution is 7.09. The summed E-state index contributed by atoms with van der Waals surface area (Å²) in [6, 6.07) is 16.9. The molecule has 0 saturated heterocycles. The number of benzene rings is 2. The van der Waals surface area contributed by atoms with Crippen molar-refractivity contribution in [1.82, 2.24) is 25.5 Å². The number of urea groups is 1. The van der Waals surface area contributed by atoms with Gasteiger partial charge in [0.1, 0.15) is 18.8 Å². The van der Waals surface area contributed by atoms with Crippen LogP contribution in [0.1, 0.15) is 66.7 Å². The first-order valence-corrected chi connectivity index (χ1v) is 18.5. The summed E-state index contributed by atoms with van der Waals surface area (Å²) in [6.45, 7) is 8.18. The van der Waals surface area contributed by atoms with E-state index < -0.39 is 42.3 Å². The average Bonchev–Trinajstić information content (AvgIpc) is 3.79. The summed E-state index contributed by atoms with van der Waals surface area (Å²) in [5.41, 5.74) is 11.1. The van der Waals surface area contributed by atoms with Gasteiger partial charge in [0.05, 0.1) is 33.7 Å². The number of nitrogens with one attached hydrogen (secondary N) is 2. The van der Waals surface area contributed by atoms with Gasteiger partial charge < -0.3 is 30.7 Å². The Bertz CT molecular complexity index is 1620. The van der Waals surface area contributed by atoms with Crippen molar-refractivity contribution in [3.8, 4) is 0 Å². The van der Waals surface area contributed by atoms with Crippen LogP contribution in [-0.2, 0) is 40.3 Å². The number of carbonyl (C=O) groups is 3. The zero-order chi connectivity index (χ0) is 36.0. The van der Waals surface area contributed by atoms with Gasteiger partial charge in [-0.2, -0.15) is 0 Å². The molecule has 2 heterocycles. The number of nitrogens with zero attached hydrogens (tertiary/aromatic N) is 3. The molecular weight excluding hydrogens is 673 g/mol. The molecule has 4 aromatic rings. The zero-order valence-corrected chi connectivity index (χ0v) is 30.9. The normalized spacial score (nSPS) is 13.7. The van der Waals surface area contributed by atoms with Gasteiger partial charge in [0, 0.05) is 37.0 Å². The lowest BCUT2D eigenvalue weighted by Crippen LogP contribution is -2.53. The fraction of sp³-hybridized carbons (Fsp3) is 0.432. The summed E-state index contributed by atoms with van der Waals surface area (Å²) in [5, 5.41) is 8.77. The summed E-state index contributed by atoms with van der Waals surface area (Å²) in [6.07, 6.45) is 1.26. The van der Waals surface area contributed by atoms with E-state index in [2.05, 4.69) is 34.4 Å². The summed E-state index contributed by atoms with van der Waals surface area (Å²) >= 11 is 2.94. The Morgan fingerprint density at radius 2 is 1.58 bits per heavy atom. The van der Waals surface area contributed by atoms with Crippen LogP contribution >= 0.6 is 22.7 Å². The number of aromatic nitrogens is 2. The molecule has 4 rings (SSSR count). The smallest absolute Gasteiger partial charge is 0.407 e. The van der Waals surface area contributed by atoms with Crippen molar-refractivity contribution < 1.29 is 23.9 Å². The van der Waals surface area contributed by atoms with E-state index in [1.807, 2.05) is 79.9 Å². The molecule has 0 aliphatic carbocycles. The second-order valence-electron chi connectivity index (χ2n) is 13.0. The van der Waals surface area contributed by atoms with Crippen LogP contribution in [0.3, 0.4) is 0 Å². The Morgan fingerprint density at radius 1 is 0.920 bits per heavy atom. The summed E-state index contributed by atoms with van der Waals surface area (Å²) in [7, 11) is 1.66. The maximum Gasteiger partial charge on any atom is 0.407 e. The number of thiazole rings is 2. The largest absolute Gasteiger partial charge is 0.459 e. The van der Waals surface area contributed by atoms with Gasteiger partial charge in [-0.05, 0) is 29.9 Å². The number of esters is 1. The Kier molecular flexibility index (Phi) is 14.7. The molecule has 0 bridgehead atoms. The maximum atomic E-state index is 14.0. The standard InChI is InChI=1S/C37H48N6O5S2/c1-24(2)33(42-36(45)43(5)20-29-22-49-34(40-29)25(3)4)35(44)48-32(18-28(38)16-26-12-8-6-9-13-26)31(17-27-14-10-7-11-15-27)41-37(46)47-21-30-19-39-23-50-30/h6-15,19,22-25,28,31-33H,16-18,20-21,38H2,1-5H3,(H,41,46)(H,42,45)/t28-,31-,32-,33-/m0/s1. The predicted molar refractivity (Wildman–Crippen MR) is 197 cm³/mol. The van der Waals surface area contributed by atoms with E-state index in [-0.39, 0.29) is 18.9 Å². The minimum Gasteiger partial charge on any atom is -0.459 e. The lowest BCUT2D eigenvalue weighted by molar-refractivity contribution is -0.154. The van der Waals surface area contributed by atoms with Crippen LogP contribution in [0.4, 0.5) is 9.59 Å². The van der Waals surface area contributed by atoms with Gasteiger partial charge in [0.25, 0.3) is 0 Å². The van der Waals surface area contributed by atoms with E-state index in [1.165, 1.54) is 16.2 Å². The van der Waals surface area contributed by atoms with E-state index in [9.17, 15) is 14.4 Å². The molecular formula is C37H48N6O5S2. The number of ether oxygens (including phenoxy) is 2. The molecule has 11 nitrogen and oxygen atoms in total. The first-order valence-electron chi connectivity index (χ1n) is 16.8. The second-order valence-corrected chi connectivity index (χ2v) is 14.9. The first-order chi connectivity index (χ1) is 24.0. The highest BCUT2D eigenvalue weighted by Gasteiger charge is 2.34. The molecule has 50 heavy (non-hydrogen) atoms. The Balaban J connectivity index is 1.54. The molecule has 3 amide bonds. The van der Waals surface area contributed by atoms with Gasteiger partial charge >= 0.3 is 18.1 Å². The fourth-order valence-corrected chi connectivity index (χ4v) is 6.65. The van der Waals surface area contributed by atoms with Gasteiger partial charge in [-0.25, -0.2) is 19.4 Å². The van der Waals surface area contributed by atoms with Crippen LogP contribution in [-0.4, -0.2) is 64.2 Å². The lowest BCUT2D eigenvalue weighted by atomic mass is 9.93. The average molecular weight is 721 g/mol. The molecule has 2 aromatic heterocycles. The molecule has 13 heteroatoms. The summed E-state index contributed by atoms with van der Waals surface area (Å²) < 4.78 is 11.8. The number of hydrogen-bond donors (Lipinski definition) is 3. The predicted octanol–water partition coefficient (Wildman–Crippen LogP) is 6.30. The van der Waals surface area contributed by atoms with Crippen molar-refractivity contribution in [2.75, 3.05) is 7.05 Å². The second kappa shape index (κ2) is 19.2. The van der Waals surface area contributed by atoms with E-state index >= 15 is 0 Å². The Labute approximate surface area is 302 Å². The quantitative estimate of drug-likeness (QED) is 0.108. The van der Waals surface area contributed by atoms with E-state index in [4.69, 9.17) is 15.2 Å². The maximum absolute atomic E-state index is 14.0. The van der Waals surface area contributed by atoms with Crippen molar-refractivity contribution in [2.45, 2.75) is 90.3 Å². The van der Waals surface area contributed by atoms with Crippen LogP contribution in [0.2, 0.25) is 0 Å². The van der Waals surface area contributed by atoms with Crippen LogP contribution < -0.4 is 16.4 Å². The number of amides is 3. The van der Waals surface area contributed by atoms with E-state index in [1.54, 1.807) is 30.1 Å². The molecule has 268 valence electrons. The first kappa shape index (κ1) is 38.5.